The van der Waals surface area contributed by atoms with Crippen molar-refractivity contribution in [1.82, 2.24) is 14.0 Å². The Labute approximate surface area is 248 Å². The van der Waals surface area contributed by atoms with E-state index in [9.17, 15) is 4.79 Å². The molecule has 0 N–H and O–H groups in total. The highest BCUT2D eigenvalue weighted by Gasteiger charge is 2.25. The van der Waals surface area contributed by atoms with Crippen molar-refractivity contribution in [2.75, 3.05) is 0 Å². The summed E-state index contributed by atoms with van der Waals surface area (Å²) < 4.78 is 6.53. The van der Waals surface area contributed by atoms with Gasteiger partial charge in [0.2, 0.25) is 5.95 Å². The van der Waals surface area contributed by atoms with Gasteiger partial charge in [0.05, 0.1) is 26.8 Å². The second-order valence-electron chi connectivity index (χ2n) is 11.1. The lowest BCUT2D eigenvalue weighted by atomic mass is 9.96. The first kappa shape index (κ1) is 23.1. The molecular weight excluding hydrogens is 547 g/mol. The van der Waals surface area contributed by atoms with Crippen LogP contribution in [0.1, 0.15) is 0 Å². The lowest BCUT2D eigenvalue weighted by Gasteiger charge is -2.12. The number of para-hydroxylation sites is 1. The number of hydrogen-bond donors (Lipinski definition) is 0. The van der Waals surface area contributed by atoms with E-state index in [1.165, 1.54) is 20.2 Å². The molecule has 0 saturated carbocycles. The number of imidazole rings is 1. The van der Waals surface area contributed by atoms with Crippen LogP contribution in [0.25, 0.3) is 86.2 Å². The van der Waals surface area contributed by atoms with Gasteiger partial charge in [-0.2, -0.15) is 0 Å². The summed E-state index contributed by atoms with van der Waals surface area (Å²) in [5.74, 6) is 0.622. The van der Waals surface area contributed by atoms with Crippen LogP contribution in [0.4, 0.5) is 0 Å². The molecule has 0 aliphatic rings. The standard InChI is InChI=1S/C38H21N3OS/c42-37-29-15-5-4-14-26(29)33-23(22-10-2-1-3-11-22)20-21-30-35(33)41(37)38(39-30)40-31-16-8-6-12-24(31)27-18-19-28-25-13-7-9-17-32(25)43-36(28)34(27)40/h1-21H. The molecule has 0 saturated heterocycles. The number of nitrogens with zero attached hydrogens (tertiary/aromatic N) is 3. The van der Waals surface area contributed by atoms with Crippen molar-refractivity contribution in [3.8, 4) is 17.1 Å². The average Bonchev–Trinajstić information content (AvgIpc) is 3.74. The molecule has 0 unspecified atom stereocenters. The number of fused-ring (bicyclic) bond motifs is 9. The van der Waals surface area contributed by atoms with Gasteiger partial charge in [-0.05, 0) is 40.8 Å². The Balaban J connectivity index is 1.46. The topological polar surface area (TPSA) is 39.3 Å². The first-order valence-electron chi connectivity index (χ1n) is 14.4. The minimum Gasteiger partial charge on any atom is -0.277 e. The smallest absolute Gasteiger partial charge is 0.265 e. The van der Waals surface area contributed by atoms with E-state index in [1.54, 1.807) is 11.3 Å². The second-order valence-corrected chi connectivity index (χ2v) is 12.2. The molecule has 0 radical (unpaired) electrons. The predicted octanol–water partition coefficient (Wildman–Crippen LogP) is 9.57. The minimum atomic E-state index is -0.0553. The fraction of sp³-hybridized carbons (Fsp3) is 0. The number of benzene rings is 6. The van der Waals surface area contributed by atoms with Crippen LogP contribution in [0.3, 0.4) is 0 Å². The van der Waals surface area contributed by atoms with Gasteiger partial charge < -0.3 is 0 Å². The van der Waals surface area contributed by atoms with Gasteiger partial charge >= 0.3 is 0 Å². The molecule has 4 nitrogen and oxygen atoms in total. The summed E-state index contributed by atoms with van der Waals surface area (Å²) in [5, 5.41) is 7.45. The van der Waals surface area contributed by atoms with Crippen molar-refractivity contribution in [1.29, 1.82) is 0 Å². The van der Waals surface area contributed by atoms with Crippen molar-refractivity contribution in [2.24, 2.45) is 0 Å². The molecule has 4 aromatic heterocycles. The molecule has 0 aliphatic heterocycles. The molecule has 0 amide bonds. The van der Waals surface area contributed by atoms with E-state index in [2.05, 4.69) is 108 Å². The lowest BCUT2D eigenvalue weighted by molar-refractivity contribution is 0.972. The van der Waals surface area contributed by atoms with Crippen molar-refractivity contribution < 1.29 is 0 Å². The molecule has 0 fully saturated rings. The number of rotatable bonds is 2. The molecule has 6 aromatic carbocycles. The van der Waals surface area contributed by atoms with Crippen LogP contribution in [-0.4, -0.2) is 14.0 Å². The molecule has 0 spiro atoms. The third-order valence-electron chi connectivity index (χ3n) is 8.89. The molecule has 4 heterocycles. The monoisotopic (exact) mass is 567 g/mol. The summed E-state index contributed by atoms with van der Waals surface area (Å²) in [6.07, 6.45) is 0. The van der Waals surface area contributed by atoms with Crippen LogP contribution in [0.15, 0.2) is 132 Å². The number of hydrogen-bond acceptors (Lipinski definition) is 3. The van der Waals surface area contributed by atoms with Crippen LogP contribution in [0.5, 0.6) is 0 Å². The summed E-state index contributed by atoms with van der Waals surface area (Å²) >= 11 is 1.80. The molecule has 0 aliphatic carbocycles. The highest BCUT2D eigenvalue weighted by molar-refractivity contribution is 7.26. The fourth-order valence-corrected chi connectivity index (χ4v) is 8.31. The maximum absolute atomic E-state index is 14.5. The Kier molecular flexibility index (Phi) is 4.44. The van der Waals surface area contributed by atoms with Crippen molar-refractivity contribution in [2.45, 2.75) is 0 Å². The van der Waals surface area contributed by atoms with E-state index >= 15 is 0 Å². The van der Waals surface area contributed by atoms with Gasteiger partial charge in [-0.1, -0.05) is 103 Å². The average molecular weight is 568 g/mol. The Morgan fingerprint density at radius 2 is 1.26 bits per heavy atom. The van der Waals surface area contributed by atoms with E-state index in [0.717, 1.165) is 54.7 Å². The summed E-state index contributed by atoms with van der Waals surface area (Å²) in [4.78, 5) is 19.8. The normalized spacial score (nSPS) is 12.3. The Bertz CT molecular complexity index is 2800. The third-order valence-corrected chi connectivity index (χ3v) is 10.1. The van der Waals surface area contributed by atoms with Gasteiger partial charge in [0.1, 0.15) is 0 Å². The van der Waals surface area contributed by atoms with Crippen LogP contribution < -0.4 is 5.56 Å². The molecule has 5 heteroatoms. The van der Waals surface area contributed by atoms with Crippen molar-refractivity contribution in [3.05, 3.63) is 138 Å². The molecule has 0 atom stereocenters. The van der Waals surface area contributed by atoms with Gasteiger partial charge in [-0.25, -0.2) is 9.38 Å². The Hall–Kier alpha value is -5.52. The van der Waals surface area contributed by atoms with Gasteiger partial charge in [0.25, 0.3) is 5.56 Å². The zero-order valence-corrected chi connectivity index (χ0v) is 23.6. The predicted molar refractivity (Wildman–Crippen MR) is 180 cm³/mol. The van der Waals surface area contributed by atoms with E-state index < -0.39 is 0 Å². The fourth-order valence-electron chi connectivity index (χ4n) is 7.07. The van der Waals surface area contributed by atoms with Crippen molar-refractivity contribution in [3.63, 3.8) is 0 Å². The van der Waals surface area contributed by atoms with E-state index in [4.69, 9.17) is 4.98 Å². The van der Waals surface area contributed by atoms with Crippen LogP contribution in [-0.2, 0) is 0 Å². The summed E-state index contributed by atoms with van der Waals surface area (Å²) in [7, 11) is 0. The van der Waals surface area contributed by atoms with Gasteiger partial charge in [-0.3, -0.25) is 9.36 Å². The molecular formula is C38H21N3OS. The lowest BCUT2D eigenvalue weighted by Crippen LogP contribution is -2.17. The highest BCUT2D eigenvalue weighted by atomic mass is 32.1. The maximum Gasteiger partial charge on any atom is 0.265 e. The van der Waals surface area contributed by atoms with Crippen LogP contribution in [0.2, 0.25) is 0 Å². The summed E-state index contributed by atoms with van der Waals surface area (Å²) in [6.45, 7) is 0. The number of aromatic nitrogens is 3. The molecule has 200 valence electrons. The quantitative estimate of drug-likeness (QED) is 0.195. The van der Waals surface area contributed by atoms with E-state index in [1.807, 2.05) is 28.7 Å². The largest absolute Gasteiger partial charge is 0.277 e. The van der Waals surface area contributed by atoms with E-state index in [0.29, 0.717) is 11.3 Å². The highest BCUT2D eigenvalue weighted by Crippen LogP contribution is 2.44. The first-order valence-corrected chi connectivity index (χ1v) is 15.2. The number of pyridine rings is 1. The van der Waals surface area contributed by atoms with Crippen molar-refractivity contribution >= 4 is 80.5 Å². The maximum atomic E-state index is 14.5. The van der Waals surface area contributed by atoms with Gasteiger partial charge in [0.15, 0.2) is 0 Å². The number of thiophene rings is 1. The van der Waals surface area contributed by atoms with Gasteiger partial charge in [0, 0.05) is 37.0 Å². The molecule has 0 bridgehead atoms. The van der Waals surface area contributed by atoms with Crippen LogP contribution in [0, 0.1) is 0 Å². The first-order chi connectivity index (χ1) is 21.3. The Morgan fingerprint density at radius 3 is 2.12 bits per heavy atom. The second kappa shape index (κ2) is 8.28. The van der Waals surface area contributed by atoms with Crippen LogP contribution >= 0.6 is 11.3 Å². The third kappa shape index (κ3) is 2.94. The molecule has 10 rings (SSSR count). The minimum absolute atomic E-state index is 0.0553. The SMILES string of the molecule is O=c1c2ccccc2c2c(-c3ccccc3)ccc3nc(-n4c5ccccc5c5ccc6c7ccccc7sc6c54)n1c32. The van der Waals surface area contributed by atoms with E-state index in [-0.39, 0.29) is 5.56 Å². The molecule has 43 heavy (non-hydrogen) atoms. The van der Waals surface area contributed by atoms with Gasteiger partial charge in [-0.15, -0.1) is 11.3 Å². The molecule has 10 aromatic rings. The zero-order valence-electron chi connectivity index (χ0n) is 22.8. The summed E-state index contributed by atoms with van der Waals surface area (Å²) in [6, 6.07) is 44.1. The zero-order chi connectivity index (χ0) is 28.2. The summed E-state index contributed by atoms with van der Waals surface area (Å²) in [5.41, 5.74) is 5.93. The Morgan fingerprint density at radius 1 is 0.558 bits per heavy atom.